The molecule has 0 fully saturated rings. The van der Waals surface area contributed by atoms with Crippen LogP contribution in [0, 0.1) is 0 Å². The molecule has 0 saturated carbocycles. The molecule has 0 N–H and O–H groups in total. The molecule has 3 aromatic rings. The molecule has 0 aliphatic rings. The summed E-state index contributed by atoms with van der Waals surface area (Å²) in [5.41, 5.74) is 0.197. The largest absolute Gasteiger partial charge is 0.466 e. The highest BCUT2D eigenvalue weighted by Crippen LogP contribution is 2.31. The number of carbonyl (C=O) groups is 2. The average Bonchev–Trinajstić information content (AvgIpc) is 3.30. The summed E-state index contributed by atoms with van der Waals surface area (Å²) in [5.74, 6) is -0.0311. The standard InChI is InChI=1S/C21H18Cl2N2O5S/c1-24(2)18(26)11-25-19(10-20(27)29-3)31-17(21(25)28)9-13-5-7-16(30-13)14-8-12(22)4-6-15(14)23/h4-10H,11H2,1-3H3. The fourth-order valence-electron chi connectivity index (χ4n) is 2.62. The number of carbonyl (C=O) groups excluding carboxylic acids is 2. The minimum absolute atomic E-state index is 0.208. The summed E-state index contributed by atoms with van der Waals surface area (Å²) >= 11 is 13.3. The first-order valence-electron chi connectivity index (χ1n) is 8.96. The second-order valence-electron chi connectivity index (χ2n) is 6.62. The smallest absolute Gasteiger partial charge is 0.333 e. The van der Waals surface area contributed by atoms with E-state index < -0.39 is 11.5 Å². The van der Waals surface area contributed by atoms with E-state index in [0.29, 0.717) is 36.3 Å². The summed E-state index contributed by atoms with van der Waals surface area (Å²) in [4.78, 5) is 38.1. The van der Waals surface area contributed by atoms with E-state index in [1.165, 1.54) is 22.7 Å². The average molecular weight is 481 g/mol. The van der Waals surface area contributed by atoms with Gasteiger partial charge in [0, 0.05) is 30.8 Å². The van der Waals surface area contributed by atoms with Gasteiger partial charge in [0.2, 0.25) is 5.91 Å². The number of rotatable bonds is 5. The maximum atomic E-state index is 12.9. The van der Waals surface area contributed by atoms with Gasteiger partial charge >= 0.3 is 5.97 Å². The van der Waals surface area contributed by atoms with Crippen molar-refractivity contribution >= 4 is 58.6 Å². The van der Waals surface area contributed by atoms with E-state index in [9.17, 15) is 14.4 Å². The molecule has 0 radical (unpaired) electrons. The van der Waals surface area contributed by atoms with E-state index in [1.807, 2.05) is 0 Å². The summed E-state index contributed by atoms with van der Waals surface area (Å²) in [6.45, 7) is -0.208. The first kappa shape index (κ1) is 22.9. The molecule has 162 valence electrons. The van der Waals surface area contributed by atoms with Gasteiger partial charge in [-0.1, -0.05) is 23.2 Å². The summed E-state index contributed by atoms with van der Waals surface area (Å²) in [7, 11) is 4.40. The number of halogens is 2. The van der Waals surface area contributed by atoms with E-state index in [4.69, 9.17) is 27.6 Å². The monoisotopic (exact) mass is 480 g/mol. The van der Waals surface area contributed by atoms with Crippen LogP contribution in [0.3, 0.4) is 0 Å². The van der Waals surface area contributed by atoms with Crippen LogP contribution in [0.2, 0.25) is 10.0 Å². The molecule has 0 spiro atoms. The molecule has 2 heterocycles. The van der Waals surface area contributed by atoms with Gasteiger partial charge in [0.05, 0.1) is 22.7 Å². The number of esters is 1. The number of likely N-dealkylation sites (N-methyl/N-ethyl adjacent to an activating group) is 1. The van der Waals surface area contributed by atoms with E-state index in [2.05, 4.69) is 4.74 Å². The third-order valence-corrected chi connectivity index (χ3v) is 5.89. The van der Waals surface area contributed by atoms with E-state index >= 15 is 0 Å². The quantitative estimate of drug-likeness (QED) is 0.523. The normalized spacial score (nSPS) is 12.3. The Kier molecular flexibility index (Phi) is 7.04. The Labute approximate surface area is 191 Å². The number of furan rings is 1. The number of hydrogen-bond acceptors (Lipinski definition) is 6. The second-order valence-corrected chi connectivity index (χ2v) is 8.53. The fraction of sp³-hybridized carbons (Fsp3) is 0.190. The molecule has 10 heteroatoms. The topological polar surface area (TPSA) is 81.7 Å². The van der Waals surface area contributed by atoms with Crippen LogP contribution in [0.15, 0.2) is 39.5 Å². The molecule has 0 atom stereocenters. The Balaban J connectivity index is 2.09. The lowest BCUT2D eigenvalue weighted by molar-refractivity contribution is -0.133. The number of methoxy groups -OCH3 is 1. The van der Waals surface area contributed by atoms with Crippen LogP contribution in [-0.2, 0) is 20.9 Å². The summed E-state index contributed by atoms with van der Waals surface area (Å²) in [5, 5.41) is 0.983. The van der Waals surface area contributed by atoms with Gasteiger partial charge in [0.15, 0.2) is 0 Å². The minimum atomic E-state index is -0.630. The molecule has 7 nitrogen and oxygen atoms in total. The molecule has 0 aliphatic carbocycles. The number of amides is 1. The molecule has 3 rings (SSSR count). The molecule has 0 saturated heterocycles. The second kappa shape index (κ2) is 9.55. The molecular weight excluding hydrogens is 463 g/mol. The van der Waals surface area contributed by atoms with Crippen LogP contribution in [0.5, 0.6) is 0 Å². The maximum absolute atomic E-state index is 12.9. The SMILES string of the molecule is COC(=O)C=c1sc(=Cc2ccc(-c3cc(Cl)ccc3Cl)o2)c(=O)n1CC(=O)N(C)C. The lowest BCUT2D eigenvalue weighted by Gasteiger charge is -2.10. The number of hydrogen-bond donors (Lipinski definition) is 0. The summed E-state index contributed by atoms with van der Waals surface area (Å²) in [6.07, 6.45) is 2.71. The number of thiazole rings is 1. The number of nitrogens with zero attached hydrogens (tertiary/aromatic N) is 2. The maximum Gasteiger partial charge on any atom is 0.333 e. The highest BCUT2D eigenvalue weighted by atomic mass is 35.5. The van der Waals surface area contributed by atoms with Gasteiger partial charge in [-0.05, 0) is 30.3 Å². The Hall–Kier alpha value is -2.81. The zero-order valence-electron chi connectivity index (χ0n) is 16.8. The molecular formula is C21H18Cl2N2O5S. The lowest BCUT2D eigenvalue weighted by Crippen LogP contribution is -2.38. The Bertz CT molecular complexity index is 1320. The van der Waals surface area contributed by atoms with Gasteiger partial charge in [-0.3, -0.25) is 14.2 Å². The molecule has 0 unspecified atom stereocenters. The van der Waals surface area contributed by atoms with Gasteiger partial charge in [-0.15, -0.1) is 11.3 Å². The highest BCUT2D eigenvalue weighted by molar-refractivity contribution is 7.07. The zero-order chi connectivity index (χ0) is 22.7. The van der Waals surface area contributed by atoms with E-state index in [1.54, 1.807) is 50.5 Å². The van der Waals surface area contributed by atoms with Crippen molar-refractivity contribution in [3.8, 4) is 11.3 Å². The lowest BCUT2D eigenvalue weighted by atomic mass is 10.2. The van der Waals surface area contributed by atoms with Crippen molar-refractivity contribution in [1.29, 1.82) is 0 Å². The summed E-state index contributed by atoms with van der Waals surface area (Å²) in [6, 6.07) is 8.42. The predicted molar refractivity (Wildman–Crippen MR) is 121 cm³/mol. The number of aromatic nitrogens is 1. The molecule has 2 aromatic heterocycles. The van der Waals surface area contributed by atoms with Crippen LogP contribution < -0.4 is 14.8 Å². The molecule has 0 aliphatic heterocycles. The minimum Gasteiger partial charge on any atom is -0.466 e. The molecule has 1 aromatic carbocycles. The Morgan fingerprint density at radius 2 is 1.97 bits per heavy atom. The number of ether oxygens (including phenoxy) is 1. The van der Waals surface area contributed by atoms with Gasteiger partial charge in [0.25, 0.3) is 5.56 Å². The Morgan fingerprint density at radius 3 is 2.65 bits per heavy atom. The van der Waals surface area contributed by atoms with Crippen molar-refractivity contribution in [3.05, 3.63) is 65.7 Å². The van der Waals surface area contributed by atoms with Crippen molar-refractivity contribution in [1.82, 2.24) is 9.47 Å². The van der Waals surface area contributed by atoms with Crippen molar-refractivity contribution in [3.63, 3.8) is 0 Å². The Morgan fingerprint density at radius 1 is 1.23 bits per heavy atom. The third kappa shape index (κ3) is 5.28. The van der Waals surface area contributed by atoms with Gasteiger partial charge in [-0.25, -0.2) is 4.79 Å². The predicted octanol–water partition coefficient (Wildman–Crippen LogP) is 2.35. The van der Waals surface area contributed by atoms with Gasteiger partial charge in [0.1, 0.15) is 22.7 Å². The van der Waals surface area contributed by atoms with Crippen LogP contribution in [0.4, 0.5) is 0 Å². The molecule has 0 bridgehead atoms. The number of benzene rings is 1. The van der Waals surface area contributed by atoms with Crippen molar-refractivity contribution < 1.29 is 18.7 Å². The van der Waals surface area contributed by atoms with Crippen LogP contribution in [-0.4, -0.2) is 42.5 Å². The first-order valence-corrected chi connectivity index (χ1v) is 10.5. The third-order valence-electron chi connectivity index (χ3n) is 4.27. The van der Waals surface area contributed by atoms with Crippen molar-refractivity contribution in [2.24, 2.45) is 0 Å². The van der Waals surface area contributed by atoms with Crippen molar-refractivity contribution in [2.45, 2.75) is 6.54 Å². The van der Waals surface area contributed by atoms with Crippen LogP contribution in [0.25, 0.3) is 23.5 Å². The molecule has 31 heavy (non-hydrogen) atoms. The van der Waals surface area contributed by atoms with Crippen LogP contribution in [0.1, 0.15) is 5.76 Å². The van der Waals surface area contributed by atoms with E-state index in [-0.39, 0.29) is 12.5 Å². The highest BCUT2D eigenvalue weighted by Gasteiger charge is 2.13. The summed E-state index contributed by atoms with van der Waals surface area (Å²) < 4.78 is 12.3. The van der Waals surface area contributed by atoms with Gasteiger partial charge < -0.3 is 14.1 Å². The zero-order valence-corrected chi connectivity index (χ0v) is 19.2. The van der Waals surface area contributed by atoms with Gasteiger partial charge in [-0.2, -0.15) is 0 Å². The van der Waals surface area contributed by atoms with Crippen molar-refractivity contribution in [2.75, 3.05) is 21.2 Å². The fourth-order valence-corrected chi connectivity index (χ4v) is 4.01. The van der Waals surface area contributed by atoms with E-state index in [0.717, 1.165) is 11.3 Å². The van der Waals surface area contributed by atoms with Crippen LogP contribution >= 0.6 is 34.5 Å². The molecule has 1 amide bonds. The first-order chi connectivity index (χ1) is 14.7.